The molecule has 0 unspecified atom stereocenters. The van der Waals surface area contributed by atoms with Crippen LogP contribution in [-0.4, -0.2) is 47.7 Å². The highest BCUT2D eigenvalue weighted by atomic mass is 32.2. The van der Waals surface area contributed by atoms with Crippen LogP contribution < -0.4 is 19.7 Å². The van der Waals surface area contributed by atoms with E-state index in [-0.39, 0.29) is 16.2 Å². The van der Waals surface area contributed by atoms with E-state index in [4.69, 9.17) is 9.47 Å². The first-order valence-electron chi connectivity index (χ1n) is 10.9. The van der Waals surface area contributed by atoms with E-state index in [0.29, 0.717) is 24.6 Å². The summed E-state index contributed by atoms with van der Waals surface area (Å²) in [6.45, 7) is 4.81. The molecule has 178 valence electrons. The van der Waals surface area contributed by atoms with Crippen molar-refractivity contribution in [2.75, 3.05) is 48.4 Å². The number of methoxy groups -OCH3 is 1. The molecular weight excluding hydrogens is 454 g/mol. The molecule has 1 fully saturated rings. The molecule has 34 heavy (non-hydrogen) atoms. The number of morpholine rings is 1. The number of nitrogens with zero attached hydrogens (tertiary/aromatic N) is 1. The summed E-state index contributed by atoms with van der Waals surface area (Å²) < 4.78 is 39.4. The highest BCUT2D eigenvalue weighted by Gasteiger charge is 2.22. The van der Waals surface area contributed by atoms with E-state index in [1.807, 2.05) is 37.3 Å². The Kier molecular flexibility index (Phi) is 7.04. The average Bonchev–Trinajstić information content (AvgIpc) is 2.85. The van der Waals surface area contributed by atoms with Crippen molar-refractivity contribution in [2.24, 2.45) is 0 Å². The average molecular weight is 482 g/mol. The second kappa shape index (κ2) is 10.1. The van der Waals surface area contributed by atoms with Gasteiger partial charge >= 0.3 is 0 Å². The van der Waals surface area contributed by atoms with Crippen molar-refractivity contribution in [3.63, 3.8) is 0 Å². The van der Waals surface area contributed by atoms with Gasteiger partial charge in [-0.05, 0) is 55.5 Å². The molecule has 1 aliphatic rings. The number of carbonyl (C=O) groups is 1. The van der Waals surface area contributed by atoms with Crippen LogP contribution in [0.3, 0.4) is 0 Å². The van der Waals surface area contributed by atoms with E-state index in [2.05, 4.69) is 14.9 Å². The Hall–Kier alpha value is -3.56. The number of rotatable bonds is 7. The third-order valence-electron chi connectivity index (χ3n) is 5.50. The summed E-state index contributed by atoms with van der Waals surface area (Å²) in [7, 11) is -2.61. The van der Waals surface area contributed by atoms with E-state index < -0.39 is 15.9 Å². The summed E-state index contributed by atoms with van der Waals surface area (Å²) in [5, 5.41) is 2.86. The molecule has 2 N–H and O–H groups in total. The monoisotopic (exact) mass is 481 g/mol. The lowest BCUT2D eigenvalue weighted by Gasteiger charge is -2.29. The summed E-state index contributed by atoms with van der Waals surface area (Å²) in [4.78, 5) is 15.0. The van der Waals surface area contributed by atoms with Gasteiger partial charge in [-0.3, -0.25) is 9.52 Å². The Bertz CT molecular complexity index is 1270. The maximum Gasteiger partial charge on any atom is 0.265 e. The lowest BCUT2D eigenvalue weighted by molar-refractivity contribution is 0.102. The van der Waals surface area contributed by atoms with Gasteiger partial charge < -0.3 is 19.7 Å². The van der Waals surface area contributed by atoms with Crippen molar-refractivity contribution >= 4 is 33.0 Å². The van der Waals surface area contributed by atoms with E-state index in [1.165, 1.54) is 25.3 Å². The van der Waals surface area contributed by atoms with Crippen molar-refractivity contribution in [3.05, 3.63) is 77.9 Å². The fourth-order valence-electron chi connectivity index (χ4n) is 3.66. The van der Waals surface area contributed by atoms with Gasteiger partial charge in [-0.2, -0.15) is 0 Å². The fourth-order valence-corrected chi connectivity index (χ4v) is 4.92. The molecule has 0 bridgehead atoms. The molecule has 1 amide bonds. The molecule has 0 aromatic heterocycles. The van der Waals surface area contributed by atoms with Crippen LogP contribution in [0.5, 0.6) is 5.75 Å². The molecule has 1 saturated heterocycles. The van der Waals surface area contributed by atoms with E-state index >= 15 is 0 Å². The number of hydrogen-bond donors (Lipinski definition) is 2. The third kappa shape index (κ3) is 5.49. The van der Waals surface area contributed by atoms with Crippen LogP contribution >= 0.6 is 0 Å². The van der Waals surface area contributed by atoms with Gasteiger partial charge in [-0.15, -0.1) is 0 Å². The van der Waals surface area contributed by atoms with Gasteiger partial charge in [0, 0.05) is 35.7 Å². The first-order chi connectivity index (χ1) is 16.4. The standard InChI is InChI=1S/C25H27N3O5S/c1-18-6-9-20(10-7-18)27-34(30,31)24-16-19(8-11-23(24)32-2)25(29)26-21-4-3-5-22(17-21)28-12-14-33-15-13-28/h3-11,16-17,27H,12-15H2,1-2H3,(H,26,29). The highest BCUT2D eigenvalue weighted by Crippen LogP contribution is 2.28. The van der Waals surface area contributed by atoms with Crippen LogP contribution in [-0.2, 0) is 14.8 Å². The number of benzene rings is 3. The third-order valence-corrected chi connectivity index (χ3v) is 6.90. The van der Waals surface area contributed by atoms with Crippen LogP contribution in [0.25, 0.3) is 0 Å². The maximum absolute atomic E-state index is 13.1. The Morgan fingerprint density at radius 1 is 0.971 bits per heavy atom. The smallest absolute Gasteiger partial charge is 0.265 e. The molecule has 0 atom stereocenters. The van der Waals surface area contributed by atoms with Gasteiger partial charge in [0.25, 0.3) is 15.9 Å². The minimum absolute atomic E-state index is 0.120. The number of carbonyl (C=O) groups excluding carboxylic acids is 1. The molecule has 9 heteroatoms. The first kappa shape index (κ1) is 23.6. The Morgan fingerprint density at radius 3 is 2.41 bits per heavy atom. The van der Waals surface area contributed by atoms with Gasteiger partial charge in [0.15, 0.2) is 0 Å². The molecule has 0 saturated carbocycles. The molecule has 3 aromatic rings. The molecule has 1 heterocycles. The normalized spacial score (nSPS) is 13.9. The number of sulfonamides is 1. The zero-order chi connectivity index (χ0) is 24.1. The van der Waals surface area contributed by atoms with Crippen LogP contribution in [0, 0.1) is 6.92 Å². The van der Waals surface area contributed by atoms with Crippen LogP contribution in [0.4, 0.5) is 17.1 Å². The fraction of sp³-hybridized carbons (Fsp3) is 0.240. The van der Waals surface area contributed by atoms with Gasteiger partial charge in [0.2, 0.25) is 0 Å². The maximum atomic E-state index is 13.1. The summed E-state index contributed by atoms with van der Waals surface area (Å²) in [6, 6.07) is 18.8. The molecular formula is C25H27N3O5S. The summed E-state index contributed by atoms with van der Waals surface area (Å²) in [6.07, 6.45) is 0. The van der Waals surface area contributed by atoms with Crippen molar-refractivity contribution in [2.45, 2.75) is 11.8 Å². The lowest BCUT2D eigenvalue weighted by Crippen LogP contribution is -2.36. The van der Waals surface area contributed by atoms with Gasteiger partial charge in [0.05, 0.1) is 20.3 Å². The predicted octanol–water partition coefficient (Wildman–Crippen LogP) is 3.89. The molecule has 4 rings (SSSR count). The number of ether oxygens (including phenoxy) is 2. The molecule has 0 aliphatic carbocycles. The van der Waals surface area contributed by atoms with Crippen LogP contribution in [0.2, 0.25) is 0 Å². The largest absolute Gasteiger partial charge is 0.495 e. The van der Waals surface area contributed by atoms with E-state index in [0.717, 1.165) is 24.3 Å². The van der Waals surface area contributed by atoms with Crippen molar-refractivity contribution in [1.82, 2.24) is 0 Å². The molecule has 8 nitrogen and oxygen atoms in total. The van der Waals surface area contributed by atoms with E-state index in [9.17, 15) is 13.2 Å². The van der Waals surface area contributed by atoms with Crippen molar-refractivity contribution in [1.29, 1.82) is 0 Å². The zero-order valence-corrected chi connectivity index (χ0v) is 19.9. The SMILES string of the molecule is COc1ccc(C(=O)Nc2cccc(N3CCOCC3)c2)cc1S(=O)(=O)Nc1ccc(C)cc1. The number of amides is 1. The number of anilines is 3. The van der Waals surface area contributed by atoms with Crippen LogP contribution in [0.15, 0.2) is 71.6 Å². The Morgan fingerprint density at radius 2 is 1.71 bits per heavy atom. The molecule has 0 radical (unpaired) electrons. The van der Waals surface area contributed by atoms with E-state index in [1.54, 1.807) is 18.2 Å². The van der Waals surface area contributed by atoms with Gasteiger partial charge in [0.1, 0.15) is 10.6 Å². The second-order valence-corrected chi connectivity index (χ2v) is 9.59. The molecule has 1 aliphatic heterocycles. The molecule has 3 aromatic carbocycles. The lowest BCUT2D eigenvalue weighted by atomic mass is 10.2. The topological polar surface area (TPSA) is 97.0 Å². The van der Waals surface area contributed by atoms with Crippen molar-refractivity contribution < 1.29 is 22.7 Å². The number of nitrogens with one attached hydrogen (secondary N) is 2. The number of aryl methyl sites for hydroxylation is 1. The zero-order valence-electron chi connectivity index (χ0n) is 19.1. The number of hydrogen-bond acceptors (Lipinski definition) is 6. The Labute approximate surface area is 199 Å². The van der Waals surface area contributed by atoms with Crippen LogP contribution in [0.1, 0.15) is 15.9 Å². The predicted molar refractivity (Wildman–Crippen MR) is 132 cm³/mol. The summed E-state index contributed by atoms with van der Waals surface area (Å²) >= 11 is 0. The minimum atomic E-state index is -3.99. The minimum Gasteiger partial charge on any atom is -0.495 e. The van der Waals surface area contributed by atoms with Crippen molar-refractivity contribution in [3.8, 4) is 5.75 Å². The summed E-state index contributed by atoms with van der Waals surface area (Å²) in [5.74, 6) is -0.279. The molecule has 0 spiro atoms. The van der Waals surface area contributed by atoms with Gasteiger partial charge in [-0.1, -0.05) is 23.8 Å². The summed E-state index contributed by atoms with van der Waals surface area (Å²) in [5.41, 5.74) is 3.23. The highest BCUT2D eigenvalue weighted by molar-refractivity contribution is 7.92. The second-order valence-electron chi connectivity index (χ2n) is 7.94. The quantitative estimate of drug-likeness (QED) is 0.531. The van der Waals surface area contributed by atoms with Gasteiger partial charge in [-0.25, -0.2) is 8.42 Å². The Balaban J connectivity index is 1.56. The first-order valence-corrected chi connectivity index (χ1v) is 12.4.